The summed E-state index contributed by atoms with van der Waals surface area (Å²) < 4.78 is 4.61. The number of hydrogen-bond acceptors (Lipinski definition) is 6. The van der Waals surface area contributed by atoms with Crippen molar-refractivity contribution in [3.8, 4) is 0 Å². The van der Waals surface area contributed by atoms with Gasteiger partial charge < -0.3 is 15.2 Å². The van der Waals surface area contributed by atoms with Crippen molar-refractivity contribution in [2.24, 2.45) is 5.92 Å². The molecule has 1 atom stereocenters. The average molecular weight is 302 g/mol. The lowest BCUT2D eigenvalue weighted by molar-refractivity contribution is -0.141. The number of carboxylic acids is 1. The number of methoxy groups -OCH3 is 1. The topological polar surface area (TPSA) is 101 Å². The van der Waals surface area contributed by atoms with E-state index in [1.165, 1.54) is 13.3 Å². The third-order valence-corrected chi connectivity index (χ3v) is 2.87. The van der Waals surface area contributed by atoms with E-state index in [1.54, 1.807) is 6.92 Å². The number of nitrogens with zero attached hydrogens (tertiary/aromatic N) is 2. The van der Waals surface area contributed by atoms with E-state index in [4.69, 9.17) is 16.7 Å². The molecule has 1 aromatic rings. The predicted octanol–water partition coefficient (Wildman–Crippen LogP) is 1.83. The van der Waals surface area contributed by atoms with Crippen molar-refractivity contribution in [2.75, 3.05) is 19.0 Å². The Morgan fingerprint density at radius 3 is 2.85 bits per heavy atom. The minimum atomic E-state index is -0.828. The largest absolute Gasteiger partial charge is 0.481 e. The highest BCUT2D eigenvalue weighted by atomic mass is 35.5. The van der Waals surface area contributed by atoms with Crippen LogP contribution >= 0.6 is 11.6 Å². The van der Waals surface area contributed by atoms with E-state index in [9.17, 15) is 9.59 Å². The second-order valence-corrected chi connectivity index (χ2v) is 4.54. The molecule has 0 spiro atoms. The zero-order valence-electron chi connectivity index (χ0n) is 11.2. The number of carbonyl (C=O) groups excluding carboxylic acids is 1. The van der Waals surface area contributed by atoms with E-state index in [2.05, 4.69) is 20.0 Å². The number of esters is 1. The summed E-state index contributed by atoms with van der Waals surface area (Å²) in [6, 6.07) is 0. The summed E-state index contributed by atoms with van der Waals surface area (Å²) in [7, 11) is 1.26. The van der Waals surface area contributed by atoms with Gasteiger partial charge in [-0.05, 0) is 24.4 Å². The molecule has 0 aliphatic rings. The SMILES string of the molecule is COC(=O)c1cnc(Cl)nc1NCCC[C@H](C)C(=O)O. The molecule has 0 radical (unpaired) electrons. The van der Waals surface area contributed by atoms with Gasteiger partial charge in [-0.3, -0.25) is 4.79 Å². The van der Waals surface area contributed by atoms with Crippen LogP contribution in [0, 0.1) is 5.92 Å². The summed E-state index contributed by atoms with van der Waals surface area (Å²) in [6.07, 6.45) is 2.42. The highest BCUT2D eigenvalue weighted by Gasteiger charge is 2.15. The number of aliphatic carboxylic acids is 1. The Morgan fingerprint density at radius 1 is 1.55 bits per heavy atom. The summed E-state index contributed by atoms with van der Waals surface area (Å²) in [4.78, 5) is 29.8. The summed E-state index contributed by atoms with van der Waals surface area (Å²) in [5.41, 5.74) is 0.184. The van der Waals surface area contributed by atoms with Gasteiger partial charge in [0.15, 0.2) is 0 Å². The molecule has 20 heavy (non-hydrogen) atoms. The van der Waals surface area contributed by atoms with Gasteiger partial charge in [0.2, 0.25) is 5.28 Å². The minimum Gasteiger partial charge on any atom is -0.481 e. The van der Waals surface area contributed by atoms with Gasteiger partial charge >= 0.3 is 11.9 Å². The fourth-order valence-corrected chi connectivity index (χ4v) is 1.63. The predicted molar refractivity (Wildman–Crippen MR) is 72.9 cm³/mol. The molecule has 0 aromatic carbocycles. The van der Waals surface area contributed by atoms with Crippen molar-refractivity contribution in [3.05, 3.63) is 17.0 Å². The number of carboxylic acid groups (broad SMARTS) is 1. The molecule has 7 nitrogen and oxygen atoms in total. The van der Waals surface area contributed by atoms with Crippen LogP contribution in [-0.2, 0) is 9.53 Å². The Morgan fingerprint density at radius 2 is 2.25 bits per heavy atom. The van der Waals surface area contributed by atoms with Crippen LogP contribution in [0.2, 0.25) is 5.28 Å². The van der Waals surface area contributed by atoms with Crippen LogP contribution in [0.1, 0.15) is 30.1 Å². The molecule has 0 aliphatic heterocycles. The number of anilines is 1. The fourth-order valence-electron chi connectivity index (χ4n) is 1.49. The monoisotopic (exact) mass is 301 g/mol. The molecule has 0 bridgehead atoms. The van der Waals surface area contributed by atoms with Crippen molar-refractivity contribution in [1.29, 1.82) is 0 Å². The molecule has 0 saturated heterocycles. The van der Waals surface area contributed by atoms with E-state index in [1.807, 2.05) is 0 Å². The molecule has 1 aromatic heterocycles. The van der Waals surface area contributed by atoms with Crippen molar-refractivity contribution in [3.63, 3.8) is 0 Å². The van der Waals surface area contributed by atoms with Gasteiger partial charge in [0, 0.05) is 12.7 Å². The van der Waals surface area contributed by atoms with Crippen molar-refractivity contribution >= 4 is 29.4 Å². The van der Waals surface area contributed by atoms with E-state index in [0.717, 1.165) is 0 Å². The summed E-state index contributed by atoms with van der Waals surface area (Å²) in [5, 5.41) is 11.7. The third-order valence-electron chi connectivity index (χ3n) is 2.69. The second-order valence-electron chi connectivity index (χ2n) is 4.20. The van der Waals surface area contributed by atoms with Gasteiger partial charge in [0.25, 0.3) is 0 Å². The Bertz CT molecular complexity index is 496. The molecule has 0 fully saturated rings. The maximum Gasteiger partial charge on any atom is 0.343 e. The second kappa shape index (κ2) is 7.64. The summed E-state index contributed by atoms with van der Waals surface area (Å²) in [6.45, 7) is 2.11. The zero-order valence-corrected chi connectivity index (χ0v) is 12.0. The number of halogens is 1. The van der Waals surface area contributed by atoms with Crippen molar-refractivity contribution in [2.45, 2.75) is 19.8 Å². The molecule has 0 saturated carbocycles. The number of rotatable bonds is 7. The van der Waals surface area contributed by atoms with Crippen LogP contribution in [0.5, 0.6) is 0 Å². The number of aromatic nitrogens is 2. The van der Waals surface area contributed by atoms with E-state index in [-0.39, 0.29) is 16.7 Å². The van der Waals surface area contributed by atoms with Gasteiger partial charge in [0.05, 0.1) is 13.0 Å². The van der Waals surface area contributed by atoms with Crippen LogP contribution in [0.4, 0.5) is 5.82 Å². The van der Waals surface area contributed by atoms with Crippen molar-refractivity contribution < 1.29 is 19.4 Å². The molecule has 110 valence electrons. The molecule has 0 aliphatic carbocycles. The van der Waals surface area contributed by atoms with E-state index < -0.39 is 17.9 Å². The highest BCUT2D eigenvalue weighted by molar-refractivity contribution is 6.28. The zero-order chi connectivity index (χ0) is 15.1. The van der Waals surface area contributed by atoms with Crippen LogP contribution < -0.4 is 5.32 Å². The Balaban J connectivity index is 2.60. The molecular formula is C12H16ClN3O4. The van der Waals surface area contributed by atoms with Gasteiger partial charge in [0.1, 0.15) is 11.4 Å². The summed E-state index contributed by atoms with van der Waals surface area (Å²) >= 11 is 5.68. The fraction of sp³-hybridized carbons (Fsp3) is 0.500. The first kappa shape index (κ1) is 16.2. The van der Waals surface area contributed by atoms with Crippen LogP contribution in [0.3, 0.4) is 0 Å². The number of hydrogen-bond donors (Lipinski definition) is 2. The molecule has 0 amide bonds. The Labute approximate surface area is 121 Å². The molecule has 1 rings (SSSR count). The number of nitrogens with one attached hydrogen (secondary N) is 1. The van der Waals surface area contributed by atoms with Crippen LogP contribution in [-0.4, -0.2) is 40.7 Å². The molecule has 0 unspecified atom stereocenters. The first-order valence-corrected chi connectivity index (χ1v) is 6.41. The van der Waals surface area contributed by atoms with Crippen LogP contribution in [0.15, 0.2) is 6.20 Å². The quantitative estimate of drug-likeness (QED) is 0.450. The van der Waals surface area contributed by atoms with E-state index >= 15 is 0 Å². The maximum absolute atomic E-state index is 11.5. The first-order chi connectivity index (χ1) is 9.45. The average Bonchev–Trinajstić information content (AvgIpc) is 2.42. The Kier molecular flexibility index (Phi) is 6.17. The Hall–Kier alpha value is -1.89. The molecule has 2 N–H and O–H groups in total. The number of ether oxygens (including phenoxy) is 1. The van der Waals surface area contributed by atoms with E-state index in [0.29, 0.717) is 19.4 Å². The smallest absolute Gasteiger partial charge is 0.343 e. The number of carbonyl (C=O) groups is 2. The van der Waals surface area contributed by atoms with Gasteiger partial charge in [-0.1, -0.05) is 6.92 Å². The normalized spacial score (nSPS) is 11.8. The van der Waals surface area contributed by atoms with Crippen LogP contribution in [0.25, 0.3) is 0 Å². The lowest BCUT2D eigenvalue weighted by atomic mass is 10.1. The molecular weight excluding hydrogens is 286 g/mol. The van der Waals surface area contributed by atoms with Crippen molar-refractivity contribution in [1.82, 2.24) is 9.97 Å². The van der Waals surface area contributed by atoms with Gasteiger partial charge in [-0.15, -0.1) is 0 Å². The van der Waals surface area contributed by atoms with Gasteiger partial charge in [-0.25, -0.2) is 9.78 Å². The first-order valence-electron chi connectivity index (χ1n) is 6.03. The standard InChI is InChI=1S/C12H16ClN3O4/c1-7(10(17)18)4-3-5-14-9-8(11(19)20-2)6-15-12(13)16-9/h6-7H,3-5H2,1-2H3,(H,17,18)(H,14,15,16)/t7-/m0/s1. The molecule has 1 heterocycles. The highest BCUT2D eigenvalue weighted by Crippen LogP contribution is 2.15. The summed E-state index contributed by atoms with van der Waals surface area (Å²) in [5.74, 6) is -1.53. The minimum absolute atomic E-state index is 0.0130. The maximum atomic E-state index is 11.5. The lowest BCUT2D eigenvalue weighted by Gasteiger charge is -2.10. The van der Waals surface area contributed by atoms with Gasteiger partial charge in [-0.2, -0.15) is 4.98 Å². The molecule has 8 heteroatoms. The third kappa shape index (κ3) is 4.65. The lowest BCUT2D eigenvalue weighted by Crippen LogP contribution is -2.14.